The Morgan fingerprint density at radius 1 is 1.36 bits per heavy atom. The maximum Gasteiger partial charge on any atom is 0.136 e. The van der Waals surface area contributed by atoms with Crippen LogP contribution in [0.2, 0.25) is 0 Å². The lowest BCUT2D eigenvalue weighted by atomic mass is 10.3. The van der Waals surface area contributed by atoms with Crippen LogP contribution in [0.25, 0.3) is 5.65 Å². The molecule has 0 spiro atoms. The van der Waals surface area contributed by atoms with Crippen LogP contribution in [0.4, 0.5) is 0 Å². The molecule has 0 fully saturated rings. The van der Waals surface area contributed by atoms with E-state index in [1.165, 1.54) is 5.56 Å². The Morgan fingerprint density at radius 2 is 2.18 bits per heavy atom. The molecule has 0 saturated carbocycles. The van der Waals surface area contributed by atoms with Crippen molar-refractivity contribution in [3.63, 3.8) is 0 Å². The summed E-state index contributed by atoms with van der Waals surface area (Å²) in [6.45, 7) is 2.06. The Kier molecular flexibility index (Phi) is 2.15. The lowest BCUT2D eigenvalue weighted by Gasteiger charge is -1.92. The molecule has 0 aromatic carbocycles. The van der Waals surface area contributed by atoms with Gasteiger partial charge in [-0.25, -0.2) is 4.98 Å². The standard InChI is InChI=1S/C8H8N2.ClH/c1-7-2-4-10-5-3-9-8(10)6-7;/h2-6H,1H3;1H. The highest BCUT2D eigenvalue weighted by atomic mass is 35.5. The summed E-state index contributed by atoms with van der Waals surface area (Å²) in [5.41, 5.74) is 2.26. The molecular weight excluding hydrogens is 160 g/mol. The maximum atomic E-state index is 4.14. The number of aromatic nitrogens is 2. The Labute approximate surface area is 71.3 Å². The second kappa shape index (κ2) is 2.93. The molecule has 2 heterocycles. The van der Waals surface area contributed by atoms with Crippen LogP contribution in [-0.2, 0) is 0 Å². The van der Waals surface area contributed by atoms with E-state index in [0.29, 0.717) is 0 Å². The van der Waals surface area contributed by atoms with Gasteiger partial charge in [0, 0.05) is 18.6 Å². The van der Waals surface area contributed by atoms with Gasteiger partial charge in [0.2, 0.25) is 0 Å². The molecule has 0 amide bonds. The molecule has 0 atom stereocenters. The van der Waals surface area contributed by atoms with Gasteiger partial charge in [-0.15, -0.1) is 12.4 Å². The van der Waals surface area contributed by atoms with Gasteiger partial charge in [-0.2, -0.15) is 0 Å². The largest absolute Gasteiger partial charge is 0.307 e. The van der Waals surface area contributed by atoms with E-state index in [1.807, 2.05) is 16.8 Å². The first-order valence-electron chi connectivity index (χ1n) is 3.25. The van der Waals surface area contributed by atoms with E-state index < -0.39 is 0 Å². The molecule has 2 rings (SSSR count). The third-order valence-electron chi connectivity index (χ3n) is 1.55. The van der Waals surface area contributed by atoms with Crippen molar-refractivity contribution in [3.8, 4) is 0 Å². The number of aryl methyl sites for hydroxylation is 1. The second-order valence-electron chi connectivity index (χ2n) is 2.40. The number of fused-ring (bicyclic) bond motifs is 1. The van der Waals surface area contributed by atoms with E-state index in [2.05, 4.69) is 24.0 Å². The Morgan fingerprint density at radius 3 is 3.00 bits per heavy atom. The number of rotatable bonds is 0. The molecule has 0 aliphatic rings. The third kappa shape index (κ3) is 1.35. The molecule has 0 bridgehead atoms. The lowest BCUT2D eigenvalue weighted by Crippen LogP contribution is -1.81. The number of hydrogen-bond donors (Lipinski definition) is 0. The molecule has 11 heavy (non-hydrogen) atoms. The van der Waals surface area contributed by atoms with Gasteiger partial charge in [0.05, 0.1) is 0 Å². The first-order chi connectivity index (χ1) is 4.86. The fraction of sp³-hybridized carbons (Fsp3) is 0.125. The molecular formula is C8H9ClN2. The van der Waals surface area contributed by atoms with E-state index in [9.17, 15) is 0 Å². The van der Waals surface area contributed by atoms with Gasteiger partial charge in [-0.1, -0.05) is 0 Å². The number of pyridine rings is 1. The van der Waals surface area contributed by atoms with E-state index in [-0.39, 0.29) is 12.4 Å². The van der Waals surface area contributed by atoms with E-state index in [1.54, 1.807) is 6.20 Å². The van der Waals surface area contributed by atoms with Crippen LogP contribution in [0.15, 0.2) is 30.7 Å². The van der Waals surface area contributed by atoms with Crippen molar-refractivity contribution in [3.05, 3.63) is 36.3 Å². The number of nitrogens with zero attached hydrogens (tertiary/aromatic N) is 2. The zero-order valence-corrected chi connectivity index (χ0v) is 7.01. The summed E-state index contributed by atoms with van der Waals surface area (Å²) in [4.78, 5) is 4.14. The van der Waals surface area contributed by atoms with Crippen LogP contribution >= 0.6 is 12.4 Å². The van der Waals surface area contributed by atoms with Crippen molar-refractivity contribution in [2.75, 3.05) is 0 Å². The normalized spacial score (nSPS) is 9.55. The molecule has 2 aromatic rings. The van der Waals surface area contributed by atoms with Crippen molar-refractivity contribution in [1.29, 1.82) is 0 Å². The van der Waals surface area contributed by atoms with Crippen molar-refractivity contribution >= 4 is 18.1 Å². The summed E-state index contributed by atoms with van der Waals surface area (Å²) in [6, 6.07) is 4.12. The minimum atomic E-state index is 0. The molecule has 3 heteroatoms. The molecule has 2 aromatic heterocycles. The smallest absolute Gasteiger partial charge is 0.136 e. The SMILES string of the molecule is Cc1ccn2ccnc2c1.Cl. The van der Waals surface area contributed by atoms with Gasteiger partial charge in [0.1, 0.15) is 5.65 Å². The van der Waals surface area contributed by atoms with Crippen LogP contribution in [0.1, 0.15) is 5.56 Å². The number of hydrogen-bond acceptors (Lipinski definition) is 1. The summed E-state index contributed by atoms with van der Waals surface area (Å²) in [5, 5.41) is 0. The van der Waals surface area contributed by atoms with Gasteiger partial charge in [0.25, 0.3) is 0 Å². The van der Waals surface area contributed by atoms with Gasteiger partial charge in [0.15, 0.2) is 0 Å². The molecule has 0 radical (unpaired) electrons. The first kappa shape index (κ1) is 8.08. The Bertz CT molecular complexity index is 354. The highest BCUT2D eigenvalue weighted by Crippen LogP contribution is 2.02. The van der Waals surface area contributed by atoms with Crippen molar-refractivity contribution in [2.24, 2.45) is 0 Å². The maximum absolute atomic E-state index is 4.14. The van der Waals surface area contributed by atoms with Gasteiger partial charge < -0.3 is 4.40 Å². The minimum absolute atomic E-state index is 0. The molecule has 0 aliphatic heterocycles. The predicted molar refractivity (Wildman–Crippen MR) is 47.2 cm³/mol. The van der Waals surface area contributed by atoms with Crippen molar-refractivity contribution in [1.82, 2.24) is 9.38 Å². The lowest BCUT2D eigenvalue weighted by molar-refractivity contribution is 1.17. The zero-order chi connectivity index (χ0) is 6.97. The van der Waals surface area contributed by atoms with Crippen molar-refractivity contribution < 1.29 is 0 Å². The molecule has 58 valence electrons. The molecule has 0 N–H and O–H groups in total. The molecule has 0 saturated heterocycles. The zero-order valence-electron chi connectivity index (χ0n) is 6.19. The fourth-order valence-corrected chi connectivity index (χ4v) is 1.01. The average Bonchev–Trinajstić information content (AvgIpc) is 2.33. The summed E-state index contributed by atoms with van der Waals surface area (Å²) >= 11 is 0. The minimum Gasteiger partial charge on any atom is -0.307 e. The van der Waals surface area contributed by atoms with Gasteiger partial charge in [-0.3, -0.25) is 0 Å². The van der Waals surface area contributed by atoms with Gasteiger partial charge >= 0.3 is 0 Å². The summed E-state index contributed by atoms with van der Waals surface area (Å²) in [7, 11) is 0. The summed E-state index contributed by atoms with van der Waals surface area (Å²) in [5.74, 6) is 0. The third-order valence-corrected chi connectivity index (χ3v) is 1.55. The van der Waals surface area contributed by atoms with E-state index in [4.69, 9.17) is 0 Å². The predicted octanol–water partition coefficient (Wildman–Crippen LogP) is 2.06. The quantitative estimate of drug-likeness (QED) is 0.589. The first-order valence-corrected chi connectivity index (χ1v) is 3.25. The molecule has 2 nitrogen and oxygen atoms in total. The molecule has 0 aliphatic carbocycles. The van der Waals surface area contributed by atoms with E-state index in [0.717, 1.165) is 5.65 Å². The van der Waals surface area contributed by atoms with E-state index >= 15 is 0 Å². The Balaban J connectivity index is 0.000000605. The summed E-state index contributed by atoms with van der Waals surface area (Å²) in [6.07, 6.45) is 5.75. The van der Waals surface area contributed by atoms with Crippen LogP contribution < -0.4 is 0 Å². The highest BCUT2D eigenvalue weighted by Gasteiger charge is 1.90. The number of imidazole rings is 1. The summed E-state index contributed by atoms with van der Waals surface area (Å²) < 4.78 is 1.99. The number of halogens is 1. The topological polar surface area (TPSA) is 17.3 Å². The van der Waals surface area contributed by atoms with Crippen LogP contribution in [0, 0.1) is 6.92 Å². The molecule has 0 unspecified atom stereocenters. The average molecular weight is 169 g/mol. The fourth-order valence-electron chi connectivity index (χ4n) is 1.01. The van der Waals surface area contributed by atoms with Crippen LogP contribution in [0.3, 0.4) is 0 Å². The highest BCUT2D eigenvalue weighted by molar-refractivity contribution is 5.85. The van der Waals surface area contributed by atoms with Crippen LogP contribution in [0.5, 0.6) is 0 Å². The monoisotopic (exact) mass is 168 g/mol. The second-order valence-corrected chi connectivity index (χ2v) is 2.40. The van der Waals surface area contributed by atoms with Gasteiger partial charge in [-0.05, 0) is 24.6 Å². The Hall–Kier alpha value is -1.02. The van der Waals surface area contributed by atoms with Crippen molar-refractivity contribution in [2.45, 2.75) is 6.92 Å². The van der Waals surface area contributed by atoms with Crippen LogP contribution in [-0.4, -0.2) is 9.38 Å².